The monoisotopic (exact) mass is 369 g/mol. The van der Waals surface area contributed by atoms with Crippen molar-refractivity contribution >= 4 is 17.0 Å². The second kappa shape index (κ2) is 7.08. The Bertz CT molecular complexity index is 1110. The molecule has 1 aliphatic rings. The van der Waals surface area contributed by atoms with E-state index in [2.05, 4.69) is 38.8 Å². The molecule has 1 aliphatic carbocycles. The molecule has 5 heteroatoms. The van der Waals surface area contributed by atoms with Gasteiger partial charge in [-0.1, -0.05) is 31.4 Å². The zero-order valence-electron chi connectivity index (χ0n) is 15.8. The second-order valence-corrected chi connectivity index (χ2v) is 7.48. The number of hydrogen-bond acceptors (Lipinski definition) is 4. The van der Waals surface area contributed by atoms with Crippen molar-refractivity contribution in [3.63, 3.8) is 0 Å². The van der Waals surface area contributed by atoms with Crippen molar-refractivity contribution in [1.82, 2.24) is 19.5 Å². The Kier molecular flexibility index (Phi) is 4.28. The molecule has 0 bridgehead atoms. The van der Waals surface area contributed by atoms with E-state index in [1.165, 1.54) is 37.7 Å². The molecular formula is C23H23N5. The Hall–Kier alpha value is -3.21. The summed E-state index contributed by atoms with van der Waals surface area (Å²) in [6.07, 6.45) is 10.1. The van der Waals surface area contributed by atoms with E-state index in [0.717, 1.165) is 28.2 Å². The van der Waals surface area contributed by atoms with Gasteiger partial charge in [0.05, 0.1) is 5.56 Å². The van der Waals surface area contributed by atoms with Crippen LogP contribution in [0.1, 0.15) is 43.6 Å². The van der Waals surface area contributed by atoms with Crippen LogP contribution in [-0.2, 0) is 0 Å². The van der Waals surface area contributed by atoms with Crippen molar-refractivity contribution in [2.24, 2.45) is 0 Å². The highest BCUT2D eigenvalue weighted by Gasteiger charge is 2.19. The Balaban J connectivity index is 1.64. The molecule has 0 spiro atoms. The van der Waals surface area contributed by atoms with Crippen LogP contribution in [0.5, 0.6) is 0 Å². The molecule has 3 heterocycles. The smallest absolute Gasteiger partial charge is 0.164 e. The number of hydrogen-bond donors (Lipinski definition) is 1. The number of fused-ring (bicyclic) bond motifs is 1. The molecule has 0 amide bonds. The normalized spacial score (nSPS) is 15.1. The summed E-state index contributed by atoms with van der Waals surface area (Å²) in [5, 5.41) is 0. The lowest BCUT2D eigenvalue weighted by atomic mass is 9.84. The summed E-state index contributed by atoms with van der Waals surface area (Å²) >= 11 is 0. The Morgan fingerprint density at radius 3 is 2.39 bits per heavy atom. The molecule has 0 aliphatic heterocycles. The summed E-state index contributed by atoms with van der Waals surface area (Å²) in [6, 6.07) is 16.6. The van der Waals surface area contributed by atoms with E-state index in [4.69, 9.17) is 10.7 Å². The topological polar surface area (TPSA) is 69.6 Å². The fourth-order valence-electron chi connectivity index (χ4n) is 4.28. The van der Waals surface area contributed by atoms with Gasteiger partial charge in [0.1, 0.15) is 11.3 Å². The van der Waals surface area contributed by atoms with Crippen LogP contribution in [0.3, 0.4) is 0 Å². The van der Waals surface area contributed by atoms with Gasteiger partial charge in [0.2, 0.25) is 0 Å². The van der Waals surface area contributed by atoms with Gasteiger partial charge in [0.15, 0.2) is 11.5 Å². The van der Waals surface area contributed by atoms with Gasteiger partial charge < -0.3 is 5.73 Å². The quantitative estimate of drug-likeness (QED) is 0.545. The van der Waals surface area contributed by atoms with Crippen molar-refractivity contribution in [3.05, 3.63) is 66.5 Å². The van der Waals surface area contributed by atoms with Gasteiger partial charge in [-0.05, 0) is 60.7 Å². The summed E-state index contributed by atoms with van der Waals surface area (Å²) in [5.41, 5.74) is 11.1. The number of nitrogens with zero attached hydrogens (tertiary/aromatic N) is 4. The molecule has 1 fully saturated rings. The number of benzene rings is 1. The molecule has 140 valence electrons. The largest absolute Gasteiger partial charge is 0.383 e. The average Bonchev–Trinajstić information content (AvgIpc) is 3.14. The molecule has 0 unspecified atom stereocenters. The minimum Gasteiger partial charge on any atom is -0.383 e. The van der Waals surface area contributed by atoms with Crippen LogP contribution in [0, 0.1) is 0 Å². The number of nitrogens with two attached hydrogens (primary N) is 1. The van der Waals surface area contributed by atoms with Gasteiger partial charge in [-0.15, -0.1) is 0 Å². The number of pyridine rings is 2. The maximum absolute atomic E-state index is 6.16. The van der Waals surface area contributed by atoms with Crippen LogP contribution in [-0.4, -0.2) is 19.5 Å². The molecule has 0 atom stereocenters. The molecule has 1 saturated carbocycles. The number of anilines is 1. The first kappa shape index (κ1) is 16.9. The molecule has 4 aromatic rings. The van der Waals surface area contributed by atoms with Crippen molar-refractivity contribution in [2.75, 3.05) is 5.73 Å². The molecule has 5 nitrogen and oxygen atoms in total. The van der Waals surface area contributed by atoms with Crippen LogP contribution >= 0.6 is 0 Å². The predicted octanol–water partition coefficient (Wildman–Crippen LogP) is 5.11. The fraction of sp³-hybridized carbons (Fsp3) is 0.261. The predicted molar refractivity (Wildman–Crippen MR) is 112 cm³/mol. The molecule has 1 aromatic carbocycles. The van der Waals surface area contributed by atoms with E-state index in [9.17, 15) is 0 Å². The van der Waals surface area contributed by atoms with Gasteiger partial charge in [-0.25, -0.2) is 15.0 Å². The number of aromatic nitrogens is 4. The lowest BCUT2D eigenvalue weighted by Crippen LogP contribution is -2.05. The van der Waals surface area contributed by atoms with Gasteiger partial charge in [-0.2, -0.15) is 0 Å². The summed E-state index contributed by atoms with van der Waals surface area (Å²) in [7, 11) is 0. The lowest BCUT2D eigenvalue weighted by molar-refractivity contribution is 0.443. The van der Waals surface area contributed by atoms with Crippen molar-refractivity contribution < 1.29 is 0 Å². The molecule has 3 aromatic heterocycles. The van der Waals surface area contributed by atoms with Gasteiger partial charge in [0.25, 0.3) is 0 Å². The van der Waals surface area contributed by atoms with E-state index < -0.39 is 0 Å². The first-order valence-electron chi connectivity index (χ1n) is 9.96. The molecule has 0 radical (unpaired) electrons. The highest BCUT2D eigenvalue weighted by atomic mass is 15.1. The zero-order valence-corrected chi connectivity index (χ0v) is 15.8. The molecular weight excluding hydrogens is 346 g/mol. The first-order chi connectivity index (χ1) is 13.8. The molecule has 2 N–H and O–H groups in total. The van der Waals surface area contributed by atoms with Gasteiger partial charge >= 0.3 is 0 Å². The van der Waals surface area contributed by atoms with E-state index in [1.807, 2.05) is 24.3 Å². The van der Waals surface area contributed by atoms with Gasteiger partial charge in [0, 0.05) is 18.1 Å². The summed E-state index contributed by atoms with van der Waals surface area (Å²) in [4.78, 5) is 13.6. The van der Waals surface area contributed by atoms with E-state index >= 15 is 0 Å². The fourth-order valence-corrected chi connectivity index (χ4v) is 4.28. The SMILES string of the molecule is Nc1ncccc1-c1nc2cccnc2n1-c1ccc(C2CCCCC2)cc1. The van der Waals surface area contributed by atoms with Crippen molar-refractivity contribution in [1.29, 1.82) is 0 Å². The van der Waals surface area contributed by atoms with Crippen LogP contribution in [0.2, 0.25) is 0 Å². The molecule has 0 saturated heterocycles. The highest BCUT2D eigenvalue weighted by molar-refractivity contribution is 5.82. The molecule has 5 rings (SSSR count). The standard InChI is InChI=1S/C23H23N5/c24-21-19(8-4-14-25-21)22-27-20-9-5-15-26-23(20)28(22)18-12-10-17(11-13-18)16-6-2-1-3-7-16/h4-5,8-16H,1-3,6-7H2,(H2,24,25). The van der Waals surface area contributed by atoms with Crippen LogP contribution in [0.15, 0.2) is 60.9 Å². The lowest BCUT2D eigenvalue weighted by Gasteiger charge is -2.22. The molecule has 28 heavy (non-hydrogen) atoms. The summed E-state index contributed by atoms with van der Waals surface area (Å²) < 4.78 is 2.08. The third-order valence-electron chi connectivity index (χ3n) is 5.72. The van der Waals surface area contributed by atoms with Crippen molar-refractivity contribution in [2.45, 2.75) is 38.0 Å². The highest BCUT2D eigenvalue weighted by Crippen LogP contribution is 2.34. The third kappa shape index (κ3) is 2.93. The van der Waals surface area contributed by atoms with E-state index in [-0.39, 0.29) is 0 Å². The Morgan fingerprint density at radius 1 is 0.857 bits per heavy atom. The minimum atomic E-state index is 0.470. The Labute approximate surface area is 164 Å². The van der Waals surface area contributed by atoms with Crippen LogP contribution < -0.4 is 5.73 Å². The summed E-state index contributed by atoms with van der Waals surface area (Å²) in [5.74, 6) is 1.93. The van der Waals surface area contributed by atoms with Crippen molar-refractivity contribution in [3.8, 4) is 17.1 Å². The third-order valence-corrected chi connectivity index (χ3v) is 5.72. The van der Waals surface area contributed by atoms with Crippen LogP contribution in [0.25, 0.3) is 28.2 Å². The average molecular weight is 369 g/mol. The van der Waals surface area contributed by atoms with E-state index in [0.29, 0.717) is 11.7 Å². The zero-order chi connectivity index (χ0) is 18.9. The Morgan fingerprint density at radius 2 is 1.61 bits per heavy atom. The maximum Gasteiger partial charge on any atom is 0.164 e. The first-order valence-corrected chi connectivity index (χ1v) is 9.96. The van der Waals surface area contributed by atoms with Gasteiger partial charge in [-0.3, -0.25) is 4.57 Å². The number of nitrogen functional groups attached to an aromatic ring is 1. The number of imidazole rings is 1. The number of rotatable bonds is 3. The minimum absolute atomic E-state index is 0.470. The van der Waals surface area contributed by atoms with E-state index in [1.54, 1.807) is 12.4 Å². The van der Waals surface area contributed by atoms with Crippen LogP contribution in [0.4, 0.5) is 5.82 Å². The maximum atomic E-state index is 6.16. The second-order valence-electron chi connectivity index (χ2n) is 7.48. The summed E-state index contributed by atoms with van der Waals surface area (Å²) in [6.45, 7) is 0.